The number of nitrogens with zero attached hydrogens (tertiary/aromatic N) is 2. The first kappa shape index (κ1) is 18.2. The predicted octanol–water partition coefficient (Wildman–Crippen LogP) is 4.91. The Bertz CT molecular complexity index is 363. The highest BCUT2D eigenvalue weighted by Gasteiger charge is 2.10. The van der Waals surface area contributed by atoms with Gasteiger partial charge in [-0.1, -0.05) is 51.9 Å². The van der Waals surface area contributed by atoms with Crippen molar-refractivity contribution < 1.29 is 0 Å². The molecule has 21 heavy (non-hydrogen) atoms. The van der Waals surface area contributed by atoms with E-state index in [9.17, 15) is 0 Å². The summed E-state index contributed by atoms with van der Waals surface area (Å²) < 4.78 is 2.16. The van der Waals surface area contributed by atoms with Gasteiger partial charge in [0.2, 0.25) is 0 Å². The maximum Gasteiger partial charge on any atom is 0.0522 e. The van der Waals surface area contributed by atoms with E-state index in [-0.39, 0.29) is 5.54 Å². The van der Waals surface area contributed by atoms with Gasteiger partial charge >= 0.3 is 0 Å². The van der Waals surface area contributed by atoms with Crippen LogP contribution in [0.15, 0.2) is 12.3 Å². The molecule has 0 spiro atoms. The van der Waals surface area contributed by atoms with Crippen LogP contribution in [0.1, 0.15) is 84.8 Å². The molecule has 0 saturated heterocycles. The molecule has 3 heteroatoms. The van der Waals surface area contributed by atoms with Crippen LogP contribution in [-0.4, -0.2) is 15.3 Å². The largest absolute Gasteiger partial charge is 0.306 e. The molecule has 0 radical (unpaired) electrons. The molecule has 0 aromatic carbocycles. The van der Waals surface area contributed by atoms with Crippen molar-refractivity contribution in [1.29, 1.82) is 0 Å². The molecule has 1 aromatic rings. The minimum atomic E-state index is 0.160. The first-order valence-electron chi connectivity index (χ1n) is 8.78. The molecule has 0 atom stereocenters. The van der Waals surface area contributed by atoms with E-state index in [2.05, 4.69) is 48.9 Å². The van der Waals surface area contributed by atoms with Crippen LogP contribution >= 0.6 is 0 Å². The van der Waals surface area contributed by atoms with Crippen molar-refractivity contribution in [1.82, 2.24) is 15.1 Å². The maximum atomic E-state index is 4.45. The van der Waals surface area contributed by atoms with Crippen molar-refractivity contribution in [3.05, 3.63) is 18.0 Å². The Morgan fingerprint density at radius 1 is 1.00 bits per heavy atom. The van der Waals surface area contributed by atoms with Crippen molar-refractivity contribution in [2.24, 2.45) is 0 Å². The second-order valence-electron chi connectivity index (χ2n) is 7.12. The average Bonchev–Trinajstić information content (AvgIpc) is 2.86. The molecule has 0 aliphatic rings. The maximum absolute atomic E-state index is 4.45. The summed E-state index contributed by atoms with van der Waals surface area (Å²) in [6.45, 7) is 10.8. The van der Waals surface area contributed by atoms with Gasteiger partial charge in [0, 0.05) is 24.8 Å². The van der Waals surface area contributed by atoms with Gasteiger partial charge in [0.1, 0.15) is 0 Å². The summed E-state index contributed by atoms with van der Waals surface area (Å²) in [6, 6.07) is 2.13. The van der Waals surface area contributed by atoms with E-state index >= 15 is 0 Å². The second-order valence-corrected chi connectivity index (χ2v) is 7.12. The Morgan fingerprint density at radius 3 is 2.24 bits per heavy atom. The summed E-state index contributed by atoms with van der Waals surface area (Å²) in [5.41, 5.74) is 1.46. The highest BCUT2D eigenvalue weighted by Crippen LogP contribution is 2.10. The quantitative estimate of drug-likeness (QED) is 0.587. The van der Waals surface area contributed by atoms with E-state index in [1.807, 2.05) is 6.20 Å². The minimum absolute atomic E-state index is 0.160. The summed E-state index contributed by atoms with van der Waals surface area (Å²) >= 11 is 0. The molecule has 1 heterocycles. The third-order valence-corrected chi connectivity index (χ3v) is 3.83. The van der Waals surface area contributed by atoms with Crippen molar-refractivity contribution in [3.8, 4) is 0 Å². The van der Waals surface area contributed by atoms with Crippen LogP contribution in [0.5, 0.6) is 0 Å². The topological polar surface area (TPSA) is 29.9 Å². The molecular weight excluding hydrogens is 258 g/mol. The molecule has 3 nitrogen and oxygen atoms in total. The van der Waals surface area contributed by atoms with Gasteiger partial charge in [-0.2, -0.15) is 5.10 Å². The van der Waals surface area contributed by atoms with E-state index < -0.39 is 0 Å². The highest BCUT2D eigenvalue weighted by atomic mass is 15.3. The van der Waals surface area contributed by atoms with Crippen LogP contribution in [0.4, 0.5) is 0 Å². The fourth-order valence-electron chi connectivity index (χ4n) is 2.46. The lowest BCUT2D eigenvalue weighted by Crippen LogP contribution is -2.35. The Morgan fingerprint density at radius 2 is 1.62 bits per heavy atom. The van der Waals surface area contributed by atoms with Gasteiger partial charge in [0.15, 0.2) is 0 Å². The fourth-order valence-corrected chi connectivity index (χ4v) is 2.46. The first-order chi connectivity index (χ1) is 10.0. The molecule has 1 aromatic heterocycles. The van der Waals surface area contributed by atoms with Crippen LogP contribution in [-0.2, 0) is 13.1 Å². The Kier molecular flexibility index (Phi) is 8.67. The zero-order valence-electron chi connectivity index (χ0n) is 14.6. The van der Waals surface area contributed by atoms with Crippen LogP contribution in [0.3, 0.4) is 0 Å². The van der Waals surface area contributed by atoms with E-state index in [0.717, 1.165) is 13.1 Å². The zero-order valence-corrected chi connectivity index (χ0v) is 14.6. The summed E-state index contributed by atoms with van der Waals surface area (Å²) in [5, 5.41) is 7.99. The summed E-state index contributed by atoms with van der Waals surface area (Å²) in [4.78, 5) is 0. The zero-order chi connectivity index (χ0) is 15.6. The molecular formula is C18H35N3. The van der Waals surface area contributed by atoms with Crippen molar-refractivity contribution in [3.63, 3.8) is 0 Å². The molecule has 0 bridgehead atoms. The van der Waals surface area contributed by atoms with Gasteiger partial charge in [-0.3, -0.25) is 4.68 Å². The van der Waals surface area contributed by atoms with Gasteiger partial charge in [0.05, 0.1) is 5.69 Å². The van der Waals surface area contributed by atoms with Gasteiger partial charge in [-0.15, -0.1) is 0 Å². The van der Waals surface area contributed by atoms with Gasteiger partial charge in [-0.05, 0) is 33.3 Å². The second kappa shape index (κ2) is 9.99. The summed E-state index contributed by atoms with van der Waals surface area (Å²) in [6.07, 6.45) is 12.8. The number of unbranched alkanes of at least 4 members (excludes halogenated alkanes) is 7. The molecule has 1 rings (SSSR count). The van der Waals surface area contributed by atoms with E-state index in [1.54, 1.807) is 0 Å². The van der Waals surface area contributed by atoms with E-state index in [0.29, 0.717) is 0 Å². The lowest BCUT2D eigenvalue weighted by Gasteiger charge is -2.20. The fraction of sp³-hybridized carbons (Fsp3) is 0.833. The Hall–Kier alpha value is -0.830. The van der Waals surface area contributed by atoms with Crippen LogP contribution in [0.2, 0.25) is 0 Å². The average molecular weight is 293 g/mol. The Balaban J connectivity index is 2.14. The number of nitrogens with one attached hydrogen (secondary N) is 1. The van der Waals surface area contributed by atoms with Gasteiger partial charge < -0.3 is 5.32 Å². The lowest BCUT2D eigenvalue weighted by atomic mass is 10.1. The molecule has 0 aliphatic carbocycles. The molecule has 0 unspecified atom stereocenters. The third kappa shape index (κ3) is 8.92. The van der Waals surface area contributed by atoms with Gasteiger partial charge in [-0.25, -0.2) is 0 Å². The number of rotatable bonds is 11. The van der Waals surface area contributed by atoms with Crippen molar-refractivity contribution >= 4 is 0 Å². The lowest BCUT2D eigenvalue weighted by molar-refractivity contribution is 0.408. The number of hydrogen-bond acceptors (Lipinski definition) is 2. The predicted molar refractivity (Wildman–Crippen MR) is 91.4 cm³/mol. The summed E-state index contributed by atoms with van der Waals surface area (Å²) in [5.74, 6) is 0. The molecule has 0 saturated carbocycles. The molecule has 0 aliphatic heterocycles. The Labute approximate surface area is 131 Å². The number of hydrogen-bond donors (Lipinski definition) is 1. The van der Waals surface area contributed by atoms with E-state index in [1.165, 1.54) is 57.1 Å². The summed E-state index contributed by atoms with van der Waals surface area (Å²) in [7, 11) is 0. The third-order valence-electron chi connectivity index (χ3n) is 3.83. The van der Waals surface area contributed by atoms with Crippen LogP contribution in [0.25, 0.3) is 0 Å². The first-order valence-corrected chi connectivity index (χ1v) is 8.78. The normalized spacial score (nSPS) is 12.0. The van der Waals surface area contributed by atoms with Gasteiger partial charge in [0.25, 0.3) is 0 Å². The molecule has 0 fully saturated rings. The molecule has 122 valence electrons. The monoisotopic (exact) mass is 293 g/mol. The van der Waals surface area contributed by atoms with Crippen molar-refractivity contribution in [2.45, 2.75) is 97.7 Å². The SMILES string of the molecule is CCCCCCCCCCn1nccc1CNC(C)(C)C. The minimum Gasteiger partial charge on any atom is -0.306 e. The number of aromatic nitrogens is 2. The smallest absolute Gasteiger partial charge is 0.0522 e. The number of aryl methyl sites for hydroxylation is 1. The van der Waals surface area contributed by atoms with Crippen LogP contribution in [0, 0.1) is 0 Å². The van der Waals surface area contributed by atoms with Crippen molar-refractivity contribution in [2.75, 3.05) is 0 Å². The molecule has 0 amide bonds. The highest BCUT2D eigenvalue weighted by molar-refractivity contribution is 5.00. The van der Waals surface area contributed by atoms with E-state index in [4.69, 9.17) is 0 Å². The van der Waals surface area contributed by atoms with Crippen LogP contribution < -0.4 is 5.32 Å². The standard InChI is InChI=1S/C18H35N3/c1-5-6-7-8-9-10-11-12-15-21-17(13-14-20-21)16-19-18(2,3)4/h13-14,19H,5-12,15-16H2,1-4H3. The molecule has 1 N–H and O–H groups in total.